The SMILES string of the molecule is Cc1cc(Oc2ncccc2C#N)ccc1NC(=O)Cc1nc(-c2cccs2)oc1C. The molecule has 4 aromatic rings. The molecule has 3 aromatic heterocycles. The van der Waals surface area contributed by atoms with Crippen molar-refractivity contribution in [1.29, 1.82) is 5.26 Å². The molecular weight excluding hydrogens is 412 g/mol. The maximum absolute atomic E-state index is 12.6. The summed E-state index contributed by atoms with van der Waals surface area (Å²) in [4.78, 5) is 22.1. The molecule has 0 saturated heterocycles. The Morgan fingerprint density at radius 3 is 2.87 bits per heavy atom. The van der Waals surface area contributed by atoms with Crippen molar-refractivity contribution in [3.8, 4) is 28.5 Å². The number of thiophene rings is 1. The van der Waals surface area contributed by atoms with Gasteiger partial charge in [0, 0.05) is 11.9 Å². The van der Waals surface area contributed by atoms with Crippen molar-refractivity contribution >= 4 is 22.9 Å². The number of carbonyl (C=O) groups is 1. The highest BCUT2D eigenvalue weighted by Crippen LogP contribution is 2.28. The third kappa shape index (κ3) is 4.63. The molecule has 154 valence electrons. The highest BCUT2D eigenvalue weighted by molar-refractivity contribution is 7.13. The van der Waals surface area contributed by atoms with Crippen LogP contribution in [0.5, 0.6) is 11.6 Å². The van der Waals surface area contributed by atoms with E-state index in [0.29, 0.717) is 34.3 Å². The van der Waals surface area contributed by atoms with Gasteiger partial charge < -0.3 is 14.5 Å². The number of nitrogens with one attached hydrogen (secondary N) is 1. The maximum atomic E-state index is 12.6. The Bertz CT molecular complexity index is 1270. The number of nitriles is 1. The summed E-state index contributed by atoms with van der Waals surface area (Å²) >= 11 is 1.53. The molecular formula is C23H18N4O3S. The van der Waals surface area contributed by atoms with Gasteiger partial charge >= 0.3 is 0 Å². The summed E-state index contributed by atoms with van der Waals surface area (Å²) in [7, 11) is 0. The number of oxazole rings is 1. The summed E-state index contributed by atoms with van der Waals surface area (Å²) in [5, 5.41) is 14.0. The van der Waals surface area contributed by atoms with E-state index in [-0.39, 0.29) is 18.2 Å². The summed E-state index contributed by atoms with van der Waals surface area (Å²) in [6, 6.07) is 14.5. The number of nitrogens with zero attached hydrogens (tertiary/aromatic N) is 3. The molecule has 0 aliphatic carbocycles. The molecule has 1 N–H and O–H groups in total. The van der Waals surface area contributed by atoms with E-state index >= 15 is 0 Å². The third-order valence-electron chi connectivity index (χ3n) is 4.53. The zero-order valence-corrected chi connectivity index (χ0v) is 17.7. The van der Waals surface area contributed by atoms with E-state index in [1.54, 1.807) is 43.5 Å². The van der Waals surface area contributed by atoms with Crippen LogP contribution in [0.4, 0.5) is 5.69 Å². The molecule has 0 radical (unpaired) electrons. The quantitative estimate of drug-likeness (QED) is 0.448. The summed E-state index contributed by atoms with van der Waals surface area (Å²) in [6.07, 6.45) is 1.67. The number of carbonyl (C=O) groups excluding carboxylic acids is 1. The number of aryl methyl sites for hydroxylation is 2. The van der Waals surface area contributed by atoms with Gasteiger partial charge in [0.2, 0.25) is 17.7 Å². The topological polar surface area (TPSA) is 101 Å². The van der Waals surface area contributed by atoms with Gasteiger partial charge in [0.05, 0.1) is 17.0 Å². The number of ether oxygens (including phenoxy) is 1. The normalized spacial score (nSPS) is 10.5. The van der Waals surface area contributed by atoms with Gasteiger partial charge in [-0.3, -0.25) is 4.79 Å². The van der Waals surface area contributed by atoms with E-state index in [0.717, 1.165) is 10.4 Å². The fourth-order valence-electron chi connectivity index (χ4n) is 2.95. The molecule has 0 bridgehead atoms. The van der Waals surface area contributed by atoms with E-state index in [9.17, 15) is 4.79 Å². The largest absolute Gasteiger partial charge is 0.440 e. The Hall–Kier alpha value is -3.96. The average Bonchev–Trinajstić information content (AvgIpc) is 3.41. The lowest BCUT2D eigenvalue weighted by Crippen LogP contribution is -2.15. The Kier molecular flexibility index (Phi) is 5.78. The van der Waals surface area contributed by atoms with Crippen molar-refractivity contribution < 1.29 is 13.9 Å². The van der Waals surface area contributed by atoms with Crippen LogP contribution in [0.25, 0.3) is 10.8 Å². The lowest BCUT2D eigenvalue weighted by molar-refractivity contribution is -0.115. The number of anilines is 1. The molecule has 0 aliphatic heterocycles. The van der Waals surface area contributed by atoms with Crippen LogP contribution < -0.4 is 10.1 Å². The molecule has 0 spiro atoms. The van der Waals surface area contributed by atoms with Crippen molar-refractivity contribution in [3.63, 3.8) is 0 Å². The van der Waals surface area contributed by atoms with Crippen LogP contribution in [0.15, 0.2) is 58.5 Å². The van der Waals surface area contributed by atoms with Gasteiger partial charge in [0.25, 0.3) is 0 Å². The molecule has 7 nitrogen and oxygen atoms in total. The second kappa shape index (κ2) is 8.81. The highest BCUT2D eigenvalue weighted by atomic mass is 32.1. The number of benzene rings is 1. The van der Waals surface area contributed by atoms with Gasteiger partial charge in [0.1, 0.15) is 23.1 Å². The zero-order valence-electron chi connectivity index (χ0n) is 16.9. The first-order valence-electron chi connectivity index (χ1n) is 9.47. The number of pyridine rings is 1. The maximum Gasteiger partial charge on any atom is 0.237 e. The van der Waals surface area contributed by atoms with Gasteiger partial charge in [-0.05, 0) is 61.2 Å². The molecule has 0 unspecified atom stereocenters. The first-order valence-corrected chi connectivity index (χ1v) is 10.3. The van der Waals surface area contributed by atoms with E-state index in [2.05, 4.69) is 15.3 Å². The first-order chi connectivity index (χ1) is 15.0. The second-order valence-electron chi connectivity index (χ2n) is 6.77. The summed E-state index contributed by atoms with van der Waals surface area (Å²) in [5.74, 6) is 1.73. The van der Waals surface area contributed by atoms with Crippen LogP contribution in [0.1, 0.15) is 22.6 Å². The number of aromatic nitrogens is 2. The van der Waals surface area contributed by atoms with E-state index in [1.807, 2.05) is 30.5 Å². The lowest BCUT2D eigenvalue weighted by Gasteiger charge is -2.11. The number of hydrogen-bond acceptors (Lipinski definition) is 7. The van der Waals surface area contributed by atoms with Crippen LogP contribution in [0.3, 0.4) is 0 Å². The van der Waals surface area contributed by atoms with Crippen LogP contribution in [-0.2, 0) is 11.2 Å². The van der Waals surface area contributed by atoms with Crippen LogP contribution in [-0.4, -0.2) is 15.9 Å². The minimum absolute atomic E-state index is 0.109. The number of rotatable bonds is 6. The van der Waals surface area contributed by atoms with Gasteiger partial charge in [-0.15, -0.1) is 11.3 Å². The van der Waals surface area contributed by atoms with Crippen molar-refractivity contribution in [2.75, 3.05) is 5.32 Å². The van der Waals surface area contributed by atoms with Crippen LogP contribution in [0.2, 0.25) is 0 Å². The van der Waals surface area contributed by atoms with Gasteiger partial charge in [0.15, 0.2) is 0 Å². The number of amides is 1. The van der Waals surface area contributed by atoms with Gasteiger partial charge in [-0.2, -0.15) is 5.26 Å². The van der Waals surface area contributed by atoms with Gasteiger partial charge in [-0.25, -0.2) is 9.97 Å². The van der Waals surface area contributed by atoms with Crippen molar-refractivity contribution in [2.45, 2.75) is 20.3 Å². The van der Waals surface area contributed by atoms with E-state index in [1.165, 1.54) is 11.3 Å². The standard InChI is InChI=1S/C23H18N4O3S/c1-14-11-17(30-22-16(13-24)5-3-9-25-22)7-8-18(14)26-21(28)12-19-15(2)29-23(27-19)20-6-4-10-31-20/h3-11H,12H2,1-2H3,(H,26,28). The predicted molar refractivity (Wildman–Crippen MR) is 117 cm³/mol. The van der Waals surface area contributed by atoms with Crippen LogP contribution >= 0.6 is 11.3 Å². The molecule has 31 heavy (non-hydrogen) atoms. The van der Waals surface area contributed by atoms with E-state index < -0.39 is 0 Å². The second-order valence-corrected chi connectivity index (χ2v) is 7.72. The fraction of sp³-hybridized carbons (Fsp3) is 0.130. The number of hydrogen-bond donors (Lipinski definition) is 1. The summed E-state index contributed by atoms with van der Waals surface area (Å²) in [5.41, 5.74) is 2.44. The monoisotopic (exact) mass is 430 g/mol. The molecule has 1 amide bonds. The Morgan fingerprint density at radius 1 is 1.26 bits per heavy atom. The Morgan fingerprint density at radius 2 is 2.13 bits per heavy atom. The highest BCUT2D eigenvalue weighted by Gasteiger charge is 2.16. The Balaban J connectivity index is 1.44. The smallest absolute Gasteiger partial charge is 0.237 e. The third-order valence-corrected chi connectivity index (χ3v) is 5.39. The van der Waals surface area contributed by atoms with Crippen molar-refractivity contribution in [3.05, 3.63) is 76.6 Å². The van der Waals surface area contributed by atoms with Crippen molar-refractivity contribution in [2.24, 2.45) is 0 Å². The van der Waals surface area contributed by atoms with Crippen LogP contribution in [0, 0.1) is 25.2 Å². The molecule has 0 fully saturated rings. The molecule has 3 heterocycles. The van der Waals surface area contributed by atoms with Gasteiger partial charge in [-0.1, -0.05) is 6.07 Å². The molecule has 0 atom stereocenters. The fourth-order valence-corrected chi connectivity index (χ4v) is 3.60. The molecule has 0 saturated carbocycles. The predicted octanol–water partition coefficient (Wildman–Crippen LogP) is 5.26. The average molecular weight is 430 g/mol. The minimum atomic E-state index is -0.192. The molecule has 4 rings (SSSR count). The summed E-state index contributed by atoms with van der Waals surface area (Å²) in [6.45, 7) is 3.67. The van der Waals surface area contributed by atoms with E-state index in [4.69, 9.17) is 14.4 Å². The Labute approximate surface area is 183 Å². The summed E-state index contributed by atoms with van der Waals surface area (Å²) < 4.78 is 11.4. The first kappa shape index (κ1) is 20.3. The zero-order chi connectivity index (χ0) is 21.8. The minimum Gasteiger partial charge on any atom is -0.440 e. The molecule has 1 aromatic carbocycles. The molecule has 8 heteroatoms. The van der Waals surface area contributed by atoms with Crippen molar-refractivity contribution in [1.82, 2.24) is 9.97 Å². The molecule has 0 aliphatic rings. The lowest BCUT2D eigenvalue weighted by atomic mass is 10.1.